The van der Waals surface area contributed by atoms with E-state index in [2.05, 4.69) is 28.3 Å². The highest BCUT2D eigenvalue weighted by Gasteiger charge is 2.40. The van der Waals surface area contributed by atoms with Crippen molar-refractivity contribution in [3.63, 3.8) is 0 Å². The van der Waals surface area contributed by atoms with Gasteiger partial charge < -0.3 is 19.5 Å². The van der Waals surface area contributed by atoms with Crippen molar-refractivity contribution < 1.29 is 22.6 Å². The molecule has 5 rings (SSSR count). The van der Waals surface area contributed by atoms with Crippen LogP contribution in [0.5, 0.6) is 17.2 Å². The predicted octanol–water partition coefficient (Wildman–Crippen LogP) is 5.73. The van der Waals surface area contributed by atoms with Gasteiger partial charge in [0, 0.05) is 17.2 Å². The second kappa shape index (κ2) is 9.78. The number of methoxy groups -OCH3 is 2. The molecule has 0 unspecified atom stereocenters. The standard InChI is InChI=1S/C28H30N2O5S/c1-4-35-25-13-6-5-12-24(25)30-36(31,32)18-15-16-23-22(17-18)19-9-7-10-20(19)27(29-23)21-11-8-14-26(33-2)28(21)34-3/h5-9,11-17,19-20,27,29-30H,4,10H2,1-3H3/t19-,20+,27-/m0/s1. The molecule has 3 aromatic rings. The van der Waals surface area contributed by atoms with Gasteiger partial charge in [0.25, 0.3) is 10.0 Å². The van der Waals surface area contributed by atoms with Crippen molar-refractivity contribution in [2.75, 3.05) is 30.9 Å². The van der Waals surface area contributed by atoms with Gasteiger partial charge in [0.15, 0.2) is 11.5 Å². The Hall–Kier alpha value is -3.65. The normalized spacial score (nSPS) is 20.1. The van der Waals surface area contributed by atoms with E-state index < -0.39 is 10.0 Å². The van der Waals surface area contributed by atoms with Crippen LogP contribution in [0.2, 0.25) is 0 Å². The van der Waals surface area contributed by atoms with Gasteiger partial charge in [0.05, 0.1) is 37.5 Å². The van der Waals surface area contributed by atoms with Crippen LogP contribution in [0.3, 0.4) is 0 Å². The molecule has 1 heterocycles. The zero-order chi connectivity index (χ0) is 25.3. The van der Waals surface area contributed by atoms with Crippen LogP contribution >= 0.6 is 0 Å². The van der Waals surface area contributed by atoms with Gasteiger partial charge in [-0.15, -0.1) is 0 Å². The van der Waals surface area contributed by atoms with Crippen LogP contribution in [0.1, 0.15) is 36.4 Å². The Kier molecular flexibility index (Phi) is 6.53. The molecule has 0 saturated carbocycles. The number of para-hydroxylation sites is 3. The molecule has 0 saturated heterocycles. The fourth-order valence-corrected chi connectivity index (χ4v) is 6.35. The molecule has 188 valence electrons. The average Bonchev–Trinajstić information content (AvgIpc) is 3.39. The Morgan fingerprint density at radius 3 is 2.56 bits per heavy atom. The van der Waals surface area contributed by atoms with E-state index in [1.165, 1.54) is 0 Å². The first-order chi connectivity index (χ1) is 17.5. The quantitative estimate of drug-likeness (QED) is 0.380. The van der Waals surface area contributed by atoms with Crippen LogP contribution in [0.15, 0.2) is 77.7 Å². The Morgan fingerprint density at radius 2 is 1.78 bits per heavy atom. The van der Waals surface area contributed by atoms with E-state index in [1.807, 2.05) is 31.2 Å². The maximum Gasteiger partial charge on any atom is 0.262 e. The van der Waals surface area contributed by atoms with Crippen LogP contribution < -0.4 is 24.2 Å². The molecule has 2 aliphatic rings. The largest absolute Gasteiger partial charge is 0.493 e. The van der Waals surface area contributed by atoms with Gasteiger partial charge in [-0.25, -0.2) is 8.42 Å². The lowest BCUT2D eigenvalue weighted by molar-refractivity contribution is 0.341. The summed E-state index contributed by atoms with van der Waals surface area (Å²) in [6, 6.07) is 18.2. The van der Waals surface area contributed by atoms with E-state index >= 15 is 0 Å². The van der Waals surface area contributed by atoms with Gasteiger partial charge in [-0.2, -0.15) is 0 Å². The number of rotatable bonds is 8. The van der Waals surface area contributed by atoms with Gasteiger partial charge in [-0.05, 0) is 61.2 Å². The van der Waals surface area contributed by atoms with E-state index in [4.69, 9.17) is 14.2 Å². The molecule has 0 radical (unpaired) electrons. The molecule has 0 bridgehead atoms. The number of allylic oxidation sites excluding steroid dienone is 2. The third-order valence-corrected chi connectivity index (χ3v) is 8.21. The van der Waals surface area contributed by atoms with Gasteiger partial charge in [-0.1, -0.05) is 36.4 Å². The summed E-state index contributed by atoms with van der Waals surface area (Å²) in [5.74, 6) is 2.18. The topological polar surface area (TPSA) is 85.9 Å². The highest BCUT2D eigenvalue weighted by molar-refractivity contribution is 7.92. The number of ether oxygens (including phenoxy) is 3. The van der Waals surface area contributed by atoms with E-state index in [-0.39, 0.29) is 22.8 Å². The lowest BCUT2D eigenvalue weighted by Gasteiger charge is -2.38. The van der Waals surface area contributed by atoms with E-state index in [1.54, 1.807) is 44.6 Å². The Balaban J connectivity index is 1.50. The molecular formula is C28H30N2O5S. The fraction of sp³-hybridized carbons (Fsp3) is 0.286. The monoisotopic (exact) mass is 506 g/mol. The highest BCUT2D eigenvalue weighted by atomic mass is 32.2. The molecule has 1 aliphatic carbocycles. The molecule has 3 aromatic carbocycles. The van der Waals surface area contributed by atoms with Crippen molar-refractivity contribution in [1.29, 1.82) is 0 Å². The van der Waals surface area contributed by atoms with Gasteiger partial charge in [0.1, 0.15) is 5.75 Å². The van der Waals surface area contributed by atoms with Gasteiger partial charge in [-0.3, -0.25) is 4.72 Å². The maximum absolute atomic E-state index is 13.3. The van der Waals surface area contributed by atoms with Gasteiger partial charge >= 0.3 is 0 Å². The number of nitrogens with one attached hydrogen (secondary N) is 2. The molecule has 1 aliphatic heterocycles. The minimum Gasteiger partial charge on any atom is -0.493 e. The van der Waals surface area contributed by atoms with E-state index in [0.717, 1.165) is 23.2 Å². The third-order valence-electron chi connectivity index (χ3n) is 6.84. The number of fused-ring (bicyclic) bond motifs is 3. The summed E-state index contributed by atoms with van der Waals surface area (Å²) in [5, 5.41) is 3.65. The van der Waals surface area contributed by atoms with Crippen LogP contribution in [-0.2, 0) is 10.0 Å². The summed E-state index contributed by atoms with van der Waals surface area (Å²) in [4.78, 5) is 0.214. The van der Waals surface area contributed by atoms with Crippen molar-refractivity contribution >= 4 is 21.4 Å². The van der Waals surface area contributed by atoms with Crippen molar-refractivity contribution in [1.82, 2.24) is 0 Å². The first-order valence-corrected chi connectivity index (χ1v) is 13.5. The first-order valence-electron chi connectivity index (χ1n) is 12.0. The Morgan fingerprint density at radius 1 is 0.972 bits per heavy atom. The van der Waals surface area contributed by atoms with Crippen molar-refractivity contribution in [3.05, 3.63) is 83.9 Å². The maximum atomic E-state index is 13.3. The summed E-state index contributed by atoms with van der Waals surface area (Å²) in [5.41, 5.74) is 3.31. The number of benzene rings is 3. The summed E-state index contributed by atoms with van der Waals surface area (Å²) in [6.07, 6.45) is 5.22. The van der Waals surface area contributed by atoms with Gasteiger partial charge in [0.2, 0.25) is 0 Å². The van der Waals surface area contributed by atoms with Crippen molar-refractivity contribution in [2.24, 2.45) is 5.92 Å². The fourth-order valence-electron chi connectivity index (χ4n) is 5.24. The molecule has 0 spiro atoms. The summed E-state index contributed by atoms with van der Waals surface area (Å²) >= 11 is 0. The lowest BCUT2D eigenvalue weighted by Crippen LogP contribution is -2.29. The lowest BCUT2D eigenvalue weighted by atomic mass is 9.77. The first kappa shape index (κ1) is 24.1. The van der Waals surface area contributed by atoms with Crippen LogP contribution in [0.4, 0.5) is 11.4 Å². The zero-order valence-corrected chi connectivity index (χ0v) is 21.3. The summed E-state index contributed by atoms with van der Waals surface area (Å²) in [7, 11) is -0.538. The van der Waals surface area contributed by atoms with Crippen LogP contribution in [0, 0.1) is 5.92 Å². The smallest absolute Gasteiger partial charge is 0.262 e. The molecule has 0 fully saturated rings. The van der Waals surface area contributed by atoms with Crippen molar-refractivity contribution in [3.8, 4) is 17.2 Å². The molecule has 36 heavy (non-hydrogen) atoms. The van der Waals surface area contributed by atoms with E-state index in [0.29, 0.717) is 29.5 Å². The number of hydrogen-bond donors (Lipinski definition) is 2. The third kappa shape index (κ3) is 4.26. The van der Waals surface area contributed by atoms with Crippen LogP contribution in [-0.4, -0.2) is 29.2 Å². The number of hydrogen-bond acceptors (Lipinski definition) is 6. The Bertz CT molecular complexity index is 1400. The molecule has 0 amide bonds. The molecule has 2 N–H and O–H groups in total. The number of sulfonamides is 1. The molecule has 8 heteroatoms. The zero-order valence-electron chi connectivity index (χ0n) is 20.5. The minimum atomic E-state index is -3.82. The summed E-state index contributed by atoms with van der Waals surface area (Å²) < 4.78 is 46.2. The van der Waals surface area contributed by atoms with E-state index in [9.17, 15) is 8.42 Å². The Labute approximate surface area is 212 Å². The molecular weight excluding hydrogens is 476 g/mol. The minimum absolute atomic E-state index is 0.0128. The number of anilines is 2. The molecule has 0 aromatic heterocycles. The van der Waals surface area contributed by atoms with Crippen LogP contribution in [0.25, 0.3) is 0 Å². The second-order valence-electron chi connectivity index (χ2n) is 8.84. The average molecular weight is 507 g/mol. The second-order valence-corrected chi connectivity index (χ2v) is 10.5. The van der Waals surface area contributed by atoms with Crippen molar-refractivity contribution in [2.45, 2.75) is 30.2 Å². The molecule has 7 nitrogen and oxygen atoms in total. The SMILES string of the molecule is CCOc1ccccc1NS(=O)(=O)c1ccc2c(c1)[C@H]1C=CC[C@H]1[C@@H](c1cccc(OC)c1OC)N2. The summed E-state index contributed by atoms with van der Waals surface area (Å²) in [6.45, 7) is 2.31. The molecule has 3 atom stereocenters. The predicted molar refractivity (Wildman–Crippen MR) is 141 cm³/mol. The highest BCUT2D eigenvalue weighted by Crippen LogP contribution is 2.52.